The van der Waals surface area contributed by atoms with E-state index >= 15 is 0 Å². The molecule has 0 atom stereocenters. The number of nitriles is 1. The maximum Gasteiger partial charge on any atom is 0.257 e. The summed E-state index contributed by atoms with van der Waals surface area (Å²) >= 11 is 2.65. The van der Waals surface area contributed by atoms with Crippen molar-refractivity contribution in [2.75, 3.05) is 11.1 Å². The SMILES string of the molecule is Cc1sc(NC(=O)CSc2nc3ccccc3o2)c(C#N)c1C. The predicted molar refractivity (Wildman–Crippen MR) is 91.9 cm³/mol. The Morgan fingerprint density at radius 3 is 2.96 bits per heavy atom. The smallest absolute Gasteiger partial charge is 0.257 e. The number of amides is 1. The first-order valence-corrected chi connectivity index (χ1v) is 8.67. The standard InChI is InChI=1S/C16H13N3O2S2/c1-9-10(2)23-15(11(9)7-17)19-14(20)8-22-16-18-12-5-3-4-6-13(12)21-16/h3-6H,8H2,1-2H3,(H,19,20). The molecule has 2 heterocycles. The molecule has 3 aromatic rings. The van der Waals surface area contributed by atoms with Crippen LogP contribution >= 0.6 is 23.1 Å². The fourth-order valence-electron chi connectivity index (χ4n) is 2.05. The molecule has 2 aromatic heterocycles. The maximum atomic E-state index is 12.1. The number of thiophene rings is 1. The van der Waals surface area contributed by atoms with E-state index in [4.69, 9.17) is 4.42 Å². The van der Waals surface area contributed by atoms with Gasteiger partial charge in [-0.3, -0.25) is 4.79 Å². The van der Waals surface area contributed by atoms with Gasteiger partial charge in [0.15, 0.2) is 5.58 Å². The van der Waals surface area contributed by atoms with E-state index in [-0.39, 0.29) is 11.7 Å². The highest BCUT2D eigenvalue weighted by molar-refractivity contribution is 7.99. The van der Waals surface area contributed by atoms with E-state index in [0.29, 0.717) is 21.4 Å². The number of carbonyl (C=O) groups excluding carboxylic acids is 1. The van der Waals surface area contributed by atoms with Gasteiger partial charge in [-0.05, 0) is 31.5 Å². The normalized spacial score (nSPS) is 10.7. The summed E-state index contributed by atoms with van der Waals surface area (Å²) in [7, 11) is 0. The zero-order chi connectivity index (χ0) is 16.4. The van der Waals surface area contributed by atoms with E-state index in [1.807, 2.05) is 38.1 Å². The van der Waals surface area contributed by atoms with Crippen molar-refractivity contribution < 1.29 is 9.21 Å². The molecule has 0 aliphatic carbocycles. The number of aryl methyl sites for hydroxylation is 1. The number of rotatable bonds is 4. The van der Waals surface area contributed by atoms with Crippen molar-refractivity contribution in [3.05, 3.63) is 40.3 Å². The van der Waals surface area contributed by atoms with Gasteiger partial charge in [0, 0.05) is 4.88 Å². The minimum atomic E-state index is -0.185. The highest BCUT2D eigenvalue weighted by Crippen LogP contribution is 2.32. The Kier molecular flexibility index (Phi) is 4.37. The van der Waals surface area contributed by atoms with Crippen LogP contribution in [0.15, 0.2) is 33.9 Å². The lowest BCUT2D eigenvalue weighted by atomic mass is 10.2. The number of hydrogen-bond acceptors (Lipinski definition) is 6. The molecular weight excluding hydrogens is 330 g/mol. The zero-order valence-corrected chi connectivity index (χ0v) is 14.2. The Balaban J connectivity index is 1.66. The summed E-state index contributed by atoms with van der Waals surface area (Å²) in [5, 5.41) is 13.0. The summed E-state index contributed by atoms with van der Waals surface area (Å²) in [6, 6.07) is 9.60. The van der Waals surface area contributed by atoms with Crippen LogP contribution in [0.25, 0.3) is 11.1 Å². The molecule has 0 saturated carbocycles. The van der Waals surface area contributed by atoms with Gasteiger partial charge >= 0.3 is 0 Å². The van der Waals surface area contributed by atoms with E-state index in [1.54, 1.807) is 0 Å². The molecule has 0 unspecified atom stereocenters. The molecule has 1 aromatic carbocycles. The van der Waals surface area contributed by atoms with Crippen molar-refractivity contribution in [3.63, 3.8) is 0 Å². The summed E-state index contributed by atoms with van der Waals surface area (Å²) in [6.07, 6.45) is 0. The van der Waals surface area contributed by atoms with Crippen LogP contribution in [0.4, 0.5) is 5.00 Å². The molecule has 0 saturated heterocycles. The van der Waals surface area contributed by atoms with Gasteiger partial charge in [-0.2, -0.15) is 5.26 Å². The largest absolute Gasteiger partial charge is 0.431 e. The number of fused-ring (bicyclic) bond motifs is 1. The molecule has 0 aliphatic rings. The molecule has 0 aliphatic heterocycles. The minimum absolute atomic E-state index is 0.174. The number of para-hydroxylation sites is 2. The highest BCUT2D eigenvalue weighted by Gasteiger charge is 2.15. The van der Waals surface area contributed by atoms with Gasteiger partial charge in [0.1, 0.15) is 16.6 Å². The Hall–Kier alpha value is -2.30. The number of hydrogen-bond donors (Lipinski definition) is 1. The molecule has 0 bridgehead atoms. The molecule has 5 nitrogen and oxygen atoms in total. The van der Waals surface area contributed by atoms with Gasteiger partial charge < -0.3 is 9.73 Å². The second kappa shape index (κ2) is 6.44. The Bertz CT molecular complexity index is 888. The van der Waals surface area contributed by atoms with E-state index in [2.05, 4.69) is 16.4 Å². The van der Waals surface area contributed by atoms with Gasteiger partial charge in [-0.15, -0.1) is 11.3 Å². The van der Waals surface area contributed by atoms with Crippen molar-refractivity contribution in [2.24, 2.45) is 0 Å². The number of benzene rings is 1. The molecule has 0 spiro atoms. The van der Waals surface area contributed by atoms with Crippen LogP contribution in [0.2, 0.25) is 0 Å². The molecule has 1 amide bonds. The predicted octanol–water partition coefficient (Wildman–Crippen LogP) is 4.11. The average molecular weight is 343 g/mol. The first kappa shape index (κ1) is 15.6. The molecular formula is C16H13N3O2S2. The summed E-state index contributed by atoms with van der Waals surface area (Å²) in [6.45, 7) is 3.82. The molecule has 0 radical (unpaired) electrons. The number of nitrogens with zero attached hydrogens (tertiary/aromatic N) is 2. The second-order valence-electron chi connectivity index (χ2n) is 4.88. The van der Waals surface area contributed by atoms with Crippen molar-refractivity contribution >= 4 is 45.1 Å². The number of thioether (sulfide) groups is 1. The third-order valence-electron chi connectivity index (χ3n) is 3.35. The topological polar surface area (TPSA) is 78.9 Å². The molecule has 7 heteroatoms. The first-order valence-electron chi connectivity index (χ1n) is 6.87. The van der Waals surface area contributed by atoms with Crippen LogP contribution in [-0.4, -0.2) is 16.6 Å². The van der Waals surface area contributed by atoms with Crippen molar-refractivity contribution in [2.45, 2.75) is 19.1 Å². The molecule has 0 fully saturated rings. The molecule has 23 heavy (non-hydrogen) atoms. The van der Waals surface area contributed by atoms with E-state index in [1.165, 1.54) is 23.1 Å². The van der Waals surface area contributed by atoms with E-state index in [9.17, 15) is 10.1 Å². The lowest BCUT2D eigenvalue weighted by Gasteiger charge is -2.01. The van der Waals surface area contributed by atoms with Crippen LogP contribution in [0.1, 0.15) is 16.0 Å². The number of carbonyl (C=O) groups is 1. The molecule has 3 rings (SSSR count). The monoisotopic (exact) mass is 343 g/mol. The Morgan fingerprint density at radius 1 is 1.43 bits per heavy atom. The van der Waals surface area contributed by atoms with Crippen LogP contribution in [0.3, 0.4) is 0 Å². The fraction of sp³-hybridized carbons (Fsp3) is 0.188. The Labute approximate surface area is 141 Å². The van der Waals surface area contributed by atoms with Gasteiger partial charge in [-0.1, -0.05) is 23.9 Å². The number of nitrogens with one attached hydrogen (secondary N) is 1. The Morgan fingerprint density at radius 2 is 2.22 bits per heavy atom. The van der Waals surface area contributed by atoms with Gasteiger partial charge in [0.05, 0.1) is 11.3 Å². The quantitative estimate of drug-likeness (QED) is 0.721. The van der Waals surface area contributed by atoms with Crippen LogP contribution in [-0.2, 0) is 4.79 Å². The van der Waals surface area contributed by atoms with Crippen LogP contribution < -0.4 is 5.32 Å². The van der Waals surface area contributed by atoms with Crippen molar-refractivity contribution in [3.8, 4) is 6.07 Å². The number of aromatic nitrogens is 1. The lowest BCUT2D eigenvalue weighted by Crippen LogP contribution is -2.13. The van der Waals surface area contributed by atoms with Gasteiger partial charge in [-0.25, -0.2) is 4.98 Å². The van der Waals surface area contributed by atoms with Crippen LogP contribution in [0, 0.1) is 25.2 Å². The van der Waals surface area contributed by atoms with E-state index in [0.717, 1.165) is 16.0 Å². The molecule has 1 N–H and O–H groups in total. The number of oxazole rings is 1. The number of anilines is 1. The van der Waals surface area contributed by atoms with Crippen molar-refractivity contribution in [1.82, 2.24) is 4.98 Å². The average Bonchev–Trinajstić information content (AvgIpc) is 3.06. The summed E-state index contributed by atoms with van der Waals surface area (Å²) in [5.41, 5.74) is 2.92. The minimum Gasteiger partial charge on any atom is -0.431 e. The lowest BCUT2D eigenvalue weighted by molar-refractivity contribution is -0.113. The molecule has 116 valence electrons. The van der Waals surface area contributed by atoms with Crippen molar-refractivity contribution in [1.29, 1.82) is 5.26 Å². The zero-order valence-electron chi connectivity index (χ0n) is 12.5. The van der Waals surface area contributed by atoms with Gasteiger partial charge in [0.2, 0.25) is 5.91 Å². The maximum absolute atomic E-state index is 12.1. The highest BCUT2D eigenvalue weighted by atomic mass is 32.2. The third kappa shape index (κ3) is 3.23. The summed E-state index contributed by atoms with van der Waals surface area (Å²) < 4.78 is 5.56. The summed E-state index contributed by atoms with van der Waals surface area (Å²) in [5.74, 6) is -0.0109. The van der Waals surface area contributed by atoms with E-state index < -0.39 is 0 Å². The fourth-order valence-corrected chi connectivity index (χ4v) is 3.72. The third-order valence-corrected chi connectivity index (χ3v) is 5.30. The summed E-state index contributed by atoms with van der Waals surface area (Å²) in [4.78, 5) is 17.4. The van der Waals surface area contributed by atoms with Gasteiger partial charge in [0.25, 0.3) is 5.22 Å². The second-order valence-corrected chi connectivity index (χ2v) is 7.03. The first-order chi connectivity index (χ1) is 11.1. The van der Waals surface area contributed by atoms with Crippen LogP contribution in [0.5, 0.6) is 0 Å².